The number of nitrogens with two attached hydrogens (primary N) is 1. The van der Waals surface area contributed by atoms with Crippen LogP contribution >= 0.6 is 27.3 Å². The van der Waals surface area contributed by atoms with E-state index < -0.39 is 0 Å². The second kappa shape index (κ2) is 6.20. The summed E-state index contributed by atoms with van der Waals surface area (Å²) in [5.41, 5.74) is 9.97. The molecule has 5 heteroatoms. The quantitative estimate of drug-likeness (QED) is 0.897. The number of thiophene rings is 1. The highest BCUT2D eigenvalue weighted by molar-refractivity contribution is 9.10. The summed E-state index contributed by atoms with van der Waals surface area (Å²) in [4.78, 5) is 1.27. The lowest BCUT2D eigenvalue weighted by atomic mass is 10.1. The molecular weight excluding hydrogens is 322 g/mol. The Morgan fingerprint density at radius 3 is 2.74 bits per heavy atom. The Bertz CT molecular complexity index is 559. The lowest BCUT2D eigenvalue weighted by Crippen LogP contribution is -2.16. The Labute approximate surface area is 126 Å². The monoisotopic (exact) mass is 341 g/mol. The van der Waals surface area contributed by atoms with Gasteiger partial charge < -0.3 is 5.73 Å². The number of rotatable bonds is 5. The first-order valence-corrected chi connectivity index (χ1v) is 8.29. The van der Waals surface area contributed by atoms with Gasteiger partial charge in [-0.1, -0.05) is 6.92 Å². The normalized spacial score (nSPS) is 12.9. The van der Waals surface area contributed by atoms with E-state index in [1.165, 1.54) is 16.1 Å². The molecule has 0 spiro atoms. The van der Waals surface area contributed by atoms with Crippen molar-refractivity contribution < 1.29 is 0 Å². The van der Waals surface area contributed by atoms with Gasteiger partial charge >= 0.3 is 0 Å². The van der Waals surface area contributed by atoms with E-state index >= 15 is 0 Å². The Hall–Kier alpha value is -0.650. The van der Waals surface area contributed by atoms with Gasteiger partial charge in [0.2, 0.25) is 0 Å². The van der Waals surface area contributed by atoms with Gasteiger partial charge in [0.1, 0.15) is 0 Å². The molecule has 0 amide bonds. The molecule has 2 rings (SSSR count). The maximum atomic E-state index is 6.36. The summed E-state index contributed by atoms with van der Waals surface area (Å²) in [6.45, 7) is 7.24. The van der Waals surface area contributed by atoms with Crippen LogP contribution in [0.3, 0.4) is 0 Å². The van der Waals surface area contributed by atoms with Gasteiger partial charge in [0, 0.05) is 23.9 Å². The van der Waals surface area contributed by atoms with Gasteiger partial charge in [-0.25, -0.2) is 0 Å². The van der Waals surface area contributed by atoms with Crippen molar-refractivity contribution in [3.63, 3.8) is 0 Å². The lowest BCUT2D eigenvalue weighted by molar-refractivity contribution is 0.586. The average Bonchev–Trinajstić information content (AvgIpc) is 2.95. The molecule has 0 saturated heterocycles. The smallest absolute Gasteiger partial charge is 0.0766 e. The minimum atomic E-state index is 0.0445. The highest BCUT2D eigenvalue weighted by Crippen LogP contribution is 2.29. The van der Waals surface area contributed by atoms with Gasteiger partial charge in [-0.05, 0) is 53.2 Å². The lowest BCUT2D eigenvalue weighted by Gasteiger charge is -2.13. The molecule has 104 valence electrons. The van der Waals surface area contributed by atoms with Crippen molar-refractivity contribution in [2.45, 2.75) is 46.2 Å². The Balaban J connectivity index is 2.28. The summed E-state index contributed by atoms with van der Waals surface area (Å²) in [5, 5.41) is 6.73. The second-order valence-electron chi connectivity index (χ2n) is 4.66. The molecule has 2 heterocycles. The van der Waals surface area contributed by atoms with E-state index in [-0.39, 0.29) is 6.04 Å². The van der Waals surface area contributed by atoms with Gasteiger partial charge in [0.05, 0.1) is 15.9 Å². The van der Waals surface area contributed by atoms with Gasteiger partial charge in [-0.3, -0.25) is 4.68 Å². The number of aryl methyl sites for hydroxylation is 3. The highest BCUT2D eigenvalue weighted by atomic mass is 79.9. The second-order valence-corrected chi connectivity index (χ2v) is 6.40. The van der Waals surface area contributed by atoms with Crippen molar-refractivity contribution in [2.75, 3.05) is 0 Å². The summed E-state index contributed by atoms with van der Waals surface area (Å²) in [5.74, 6) is 0. The Morgan fingerprint density at radius 2 is 2.21 bits per heavy atom. The molecule has 0 aliphatic rings. The van der Waals surface area contributed by atoms with Crippen LogP contribution in [0.2, 0.25) is 0 Å². The zero-order valence-corrected chi connectivity index (χ0v) is 14.0. The van der Waals surface area contributed by atoms with Crippen molar-refractivity contribution in [3.05, 3.63) is 37.7 Å². The minimum Gasteiger partial charge on any atom is -0.323 e. The van der Waals surface area contributed by atoms with Crippen molar-refractivity contribution in [2.24, 2.45) is 5.73 Å². The molecule has 0 fully saturated rings. The van der Waals surface area contributed by atoms with Crippen LogP contribution in [0, 0.1) is 6.92 Å². The summed E-state index contributed by atoms with van der Waals surface area (Å²) < 4.78 is 3.19. The summed E-state index contributed by atoms with van der Waals surface area (Å²) in [7, 11) is 0. The first-order valence-electron chi connectivity index (χ1n) is 6.62. The number of aromatic nitrogens is 2. The van der Waals surface area contributed by atoms with Crippen molar-refractivity contribution in [1.29, 1.82) is 0 Å². The number of halogens is 1. The van der Waals surface area contributed by atoms with Crippen molar-refractivity contribution >= 4 is 27.3 Å². The largest absolute Gasteiger partial charge is 0.323 e. The molecule has 2 N–H and O–H groups in total. The van der Waals surface area contributed by atoms with Crippen LogP contribution < -0.4 is 5.73 Å². The van der Waals surface area contributed by atoms with Crippen LogP contribution in [0.1, 0.15) is 41.7 Å². The van der Waals surface area contributed by atoms with Crippen LogP contribution in [0.25, 0.3) is 0 Å². The van der Waals surface area contributed by atoms with Crippen LogP contribution in [-0.4, -0.2) is 9.78 Å². The molecule has 2 aromatic rings. The zero-order chi connectivity index (χ0) is 14.0. The van der Waals surface area contributed by atoms with Gasteiger partial charge in [0.15, 0.2) is 0 Å². The van der Waals surface area contributed by atoms with Crippen molar-refractivity contribution in [1.82, 2.24) is 9.78 Å². The Morgan fingerprint density at radius 1 is 1.47 bits per heavy atom. The molecule has 3 nitrogen and oxygen atoms in total. The molecule has 19 heavy (non-hydrogen) atoms. The molecule has 0 radical (unpaired) electrons. The van der Waals surface area contributed by atoms with Crippen LogP contribution in [-0.2, 0) is 19.4 Å². The minimum absolute atomic E-state index is 0.0445. The number of hydrogen-bond donors (Lipinski definition) is 1. The molecule has 0 aromatic carbocycles. The third kappa shape index (κ3) is 2.93. The van der Waals surface area contributed by atoms with Gasteiger partial charge in [0.25, 0.3) is 0 Å². The molecule has 0 bridgehead atoms. The first-order chi connectivity index (χ1) is 9.08. The fraction of sp³-hybridized carbons (Fsp3) is 0.500. The van der Waals surface area contributed by atoms with E-state index in [1.807, 2.05) is 0 Å². The predicted octanol–water partition coefficient (Wildman–Crippen LogP) is 3.84. The van der Waals surface area contributed by atoms with E-state index in [0.29, 0.717) is 0 Å². The molecule has 0 saturated carbocycles. The van der Waals surface area contributed by atoms with Gasteiger partial charge in [-0.15, -0.1) is 11.3 Å². The standard InChI is InChI=1S/C14H20BrN3S/c1-4-11-13(15)12(18(5-2)17-11)8-10(16)14-9(3)6-7-19-14/h6-7,10H,4-5,8,16H2,1-3H3. The predicted molar refractivity (Wildman–Crippen MR) is 84.7 cm³/mol. The zero-order valence-electron chi connectivity index (χ0n) is 11.6. The molecule has 1 atom stereocenters. The van der Waals surface area contributed by atoms with Crippen LogP contribution in [0.5, 0.6) is 0 Å². The number of nitrogens with zero attached hydrogens (tertiary/aromatic N) is 2. The number of hydrogen-bond acceptors (Lipinski definition) is 3. The van der Waals surface area contributed by atoms with Crippen molar-refractivity contribution in [3.8, 4) is 0 Å². The van der Waals surface area contributed by atoms with Gasteiger partial charge in [-0.2, -0.15) is 5.10 Å². The van der Waals surface area contributed by atoms with E-state index in [1.54, 1.807) is 11.3 Å². The SMILES string of the molecule is CCc1nn(CC)c(CC(N)c2sccc2C)c1Br. The Kier molecular flexibility index (Phi) is 4.81. The maximum absolute atomic E-state index is 6.36. The molecule has 2 aromatic heterocycles. The summed E-state index contributed by atoms with van der Waals surface area (Å²) in [6.07, 6.45) is 1.76. The third-order valence-corrected chi connectivity index (χ3v) is 5.41. The summed E-state index contributed by atoms with van der Waals surface area (Å²) >= 11 is 5.42. The molecule has 1 unspecified atom stereocenters. The molecule has 0 aliphatic heterocycles. The summed E-state index contributed by atoms with van der Waals surface area (Å²) in [6, 6.07) is 2.17. The maximum Gasteiger partial charge on any atom is 0.0766 e. The third-order valence-electron chi connectivity index (χ3n) is 3.35. The topological polar surface area (TPSA) is 43.8 Å². The average molecular weight is 342 g/mol. The van der Waals surface area contributed by atoms with E-state index in [0.717, 1.165) is 29.6 Å². The first kappa shape index (κ1) is 14.8. The van der Waals surface area contributed by atoms with E-state index in [2.05, 4.69) is 57.9 Å². The highest BCUT2D eigenvalue weighted by Gasteiger charge is 2.19. The van der Waals surface area contributed by atoms with E-state index in [9.17, 15) is 0 Å². The van der Waals surface area contributed by atoms with Crippen LogP contribution in [0.4, 0.5) is 0 Å². The van der Waals surface area contributed by atoms with E-state index in [4.69, 9.17) is 5.73 Å². The fourth-order valence-corrected chi connectivity index (χ4v) is 3.93. The fourth-order valence-electron chi connectivity index (χ4n) is 2.28. The molecule has 0 aliphatic carbocycles. The molecular formula is C14H20BrN3S. The van der Waals surface area contributed by atoms with Crippen LogP contribution in [0.15, 0.2) is 15.9 Å².